The largest absolute Gasteiger partial charge is 0.561 e. The van der Waals surface area contributed by atoms with E-state index < -0.39 is 7.12 Å². The lowest BCUT2D eigenvalue weighted by Crippen LogP contribution is -2.46. The minimum absolute atomic E-state index is 0.0293. The Kier molecular flexibility index (Phi) is 5.15. The molecule has 0 aliphatic carbocycles. The first-order chi connectivity index (χ1) is 15.5. The summed E-state index contributed by atoms with van der Waals surface area (Å²) in [5.74, 6) is 0.897. The second-order valence-electron chi connectivity index (χ2n) is 8.49. The smallest absolute Gasteiger partial charge is 0.508 e. The number of benzene rings is 2. The summed E-state index contributed by atoms with van der Waals surface area (Å²) < 4.78 is 10.5. The molecule has 4 N–H and O–H groups in total. The van der Waals surface area contributed by atoms with Crippen molar-refractivity contribution in [3.63, 3.8) is 0 Å². The number of carbonyl (C=O) groups excluding carboxylic acids is 2. The quantitative estimate of drug-likeness (QED) is 0.409. The summed E-state index contributed by atoms with van der Waals surface area (Å²) in [5.41, 5.74) is 9.78. The summed E-state index contributed by atoms with van der Waals surface area (Å²) in [6.45, 7) is 2.62. The molecule has 0 saturated carbocycles. The maximum absolute atomic E-state index is 13.3. The lowest BCUT2D eigenvalue weighted by molar-refractivity contribution is -0.121. The number of piperidine rings is 1. The van der Waals surface area contributed by atoms with Gasteiger partial charge in [0.15, 0.2) is 0 Å². The average molecular weight is 433 g/mol. The van der Waals surface area contributed by atoms with Gasteiger partial charge in [0.05, 0.1) is 12.2 Å². The van der Waals surface area contributed by atoms with Crippen LogP contribution >= 0.6 is 0 Å². The molecule has 2 aliphatic heterocycles. The Morgan fingerprint density at radius 2 is 2.09 bits per heavy atom. The number of ether oxygens (including phenoxy) is 1. The van der Waals surface area contributed by atoms with Crippen LogP contribution in [0.15, 0.2) is 42.6 Å². The van der Waals surface area contributed by atoms with E-state index in [0.717, 1.165) is 29.5 Å². The van der Waals surface area contributed by atoms with Crippen LogP contribution in [0, 0.1) is 0 Å². The van der Waals surface area contributed by atoms with Gasteiger partial charge >= 0.3 is 7.12 Å². The fourth-order valence-corrected chi connectivity index (χ4v) is 4.87. The van der Waals surface area contributed by atoms with Gasteiger partial charge < -0.3 is 30.0 Å². The molecule has 1 saturated heterocycles. The Hall–Kier alpha value is -3.30. The second kappa shape index (κ2) is 8.00. The van der Waals surface area contributed by atoms with Crippen molar-refractivity contribution in [2.45, 2.75) is 24.8 Å². The van der Waals surface area contributed by atoms with E-state index in [0.29, 0.717) is 42.8 Å². The van der Waals surface area contributed by atoms with Crippen molar-refractivity contribution in [2.75, 3.05) is 19.7 Å². The second-order valence-corrected chi connectivity index (χ2v) is 8.49. The van der Waals surface area contributed by atoms with Crippen molar-refractivity contribution >= 4 is 35.9 Å². The number of nitrogens with zero attached hydrogens (tertiary/aromatic N) is 1. The molecule has 9 heteroatoms. The fraction of sp³-hybridized carbons (Fsp3) is 0.304. The number of hydrogen-bond donors (Lipinski definition) is 3. The molecule has 1 aromatic heterocycles. The zero-order valence-corrected chi connectivity index (χ0v) is 17.5. The molecular weight excluding hydrogens is 409 g/mol. The predicted octanol–water partition coefficient (Wildman–Crippen LogP) is 1.05. The molecule has 32 heavy (non-hydrogen) atoms. The first-order valence-electron chi connectivity index (χ1n) is 10.7. The number of nitrogens with one attached hydrogen (secondary N) is 1. The fourth-order valence-electron chi connectivity index (χ4n) is 4.87. The highest BCUT2D eigenvalue weighted by Crippen LogP contribution is 2.46. The van der Waals surface area contributed by atoms with Gasteiger partial charge in [0.2, 0.25) is 0 Å². The monoisotopic (exact) mass is 433 g/mol. The Morgan fingerprint density at radius 3 is 2.84 bits per heavy atom. The SMILES string of the molecule is NCc1ccc2c(c1)C1(CCN(C(=O)c3c[nH]c4cc(B(O)OC=O)ccc34)CC1)CO2. The number of H-pyrrole nitrogens is 1. The first kappa shape index (κ1) is 20.6. The summed E-state index contributed by atoms with van der Waals surface area (Å²) in [7, 11) is -1.34. The van der Waals surface area contributed by atoms with E-state index in [1.54, 1.807) is 24.4 Å². The van der Waals surface area contributed by atoms with Crippen molar-refractivity contribution in [3.8, 4) is 5.75 Å². The maximum Gasteiger partial charge on any atom is 0.561 e. The van der Waals surface area contributed by atoms with Gasteiger partial charge in [-0.15, -0.1) is 0 Å². The predicted molar refractivity (Wildman–Crippen MR) is 120 cm³/mol. The highest BCUT2D eigenvalue weighted by molar-refractivity contribution is 6.61. The van der Waals surface area contributed by atoms with Crippen LogP contribution in [-0.4, -0.2) is 54.1 Å². The van der Waals surface area contributed by atoms with Crippen LogP contribution in [0.25, 0.3) is 10.9 Å². The summed E-state index contributed by atoms with van der Waals surface area (Å²) in [6, 6.07) is 11.2. The topological polar surface area (TPSA) is 118 Å². The molecule has 1 amide bonds. The van der Waals surface area contributed by atoms with E-state index in [1.165, 1.54) is 5.56 Å². The number of carbonyl (C=O) groups is 2. The molecule has 1 spiro atoms. The number of hydrogen-bond acceptors (Lipinski definition) is 6. The lowest BCUT2D eigenvalue weighted by Gasteiger charge is -2.38. The Bertz CT molecular complexity index is 1190. The van der Waals surface area contributed by atoms with Gasteiger partial charge in [0.1, 0.15) is 5.75 Å². The molecular formula is C23H24BN3O5. The molecule has 3 aromatic rings. The van der Waals surface area contributed by atoms with Gasteiger partial charge in [-0.25, -0.2) is 0 Å². The third-order valence-electron chi connectivity index (χ3n) is 6.77. The molecule has 0 radical (unpaired) electrons. The van der Waals surface area contributed by atoms with Crippen LogP contribution in [-0.2, 0) is 21.4 Å². The third kappa shape index (κ3) is 3.34. The molecule has 5 rings (SSSR count). The van der Waals surface area contributed by atoms with Gasteiger partial charge in [-0.1, -0.05) is 24.3 Å². The van der Waals surface area contributed by atoms with Crippen molar-refractivity contribution in [1.29, 1.82) is 0 Å². The Balaban J connectivity index is 1.34. The van der Waals surface area contributed by atoms with E-state index in [2.05, 4.69) is 15.7 Å². The number of aromatic nitrogens is 1. The van der Waals surface area contributed by atoms with Crippen molar-refractivity contribution in [1.82, 2.24) is 9.88 Å². The maximum atomic E-state index is 13.3. The van der Waals surface area contributed by atoms with Gasteiger partial charge in [-0.05, 0) is 36.0 Å². The number of amides is 1. The minimum atomic E-state index is -1.34. The molecule has 2 aromatic carbocycles. The number of nitrogens with two attached hydrogens (primary N) is 1. The van der Waals surface area contributed by atoms with E-state index in [4.69, 9.17) is 10.5 Å². The highest BCUT2D eigenvalue weighted by Gasteiger charge is 2.44. The zero-order valence-electron chi connectivity index (χ0n) is 17.5. The lowest BCUT2D eigenvalue weighted by atomic mass is 9.74. The van der Waals surface area contributed by atoms with E-state index >= 15 is 0 Å². The number of likely N-dealkylation sites (tertiary alicyclic amines) is 1. The van der Waals surface area contributed by atoms with E-state index in [-0.39, 0.29) is 17.8 Å². The molecule has 2 aliphatic rings. The molecule has 1 fully saturated rings. The Morgan fingerprint density at radius 1 is 1.28 bits per heavy atom. The van der Waals surface area contributed by atoms with Crippen LogP contribution in [0.1, 0.15) is 34.3 Å². The summed E-state index contributed by atoms with van der Waals surface area (Å²) in [5, 5.41) is 10.6. The van der Waals surface area contributed by atoms with Gasteiger partial charge in [0, 0.05) is 47.7 Å². The van der Waals surface area contributed by atoms with Crippen LogP contribution in [0.4, 0.5) is 0 Å². The van der Waals surface area contributed by atoms with E-state index in [9.17, 15) is 14.6 Å². The Labute approximate surface area is 185 Å². The number of rotatable bonds is 5. The van der Waals surface area contributed by atoms with Gasteiger partial charge in [0.25, 0.3) is 12.4 Å². The highest BCUT2D eigenvalue weighted by atomic mass is 16.5. The normalized spacial score (nSPS) is 16.6. The van der Waals surface area contributed by atoms with Crippen LogP contribution in [0.2, 0.25) is 0 Å². The molecule has 0 unspecified atom stereocenters. The minimum Gasteiger partial charge on any atom is -0.508 e. The summed E-state index contributed by atoms with van der Waals surface area (Å²) >= 11 is 0. The first-order valence-corrected chi connectivity index (χ1v) is 10.7. The van der Waals surface area contributed by atoms with Crippen LogP contribution < -0.4 is 15.9 Å². The van der Waals surface area contributed by atoms with Crippen LogP contribution in [0.5, 0.6) is 5.75 Å². The summed E-state index contributed by atoms with van der Waals surface area (Å²) in [4.78, 5) is 28.7. The standard InChI is InChI=1S/C23H24BN3O5/c25-11-15-1-4-21-19(9-15)23(13-31-21)5-7-27(8-6-23)22(29)18-12-26-20-10-16(2-3-17(18)20)24(30)32-14-28/h1-4,9-10,12,14,26,30H,5-8,11,13,25H2. The molecule has 0 bridgehead atoms. The van der Waals surface area contributed by atoms with Crippen LogP contribution in [0.3, 0.4) is 0 Å². The third-order valence-corrected chi connectivity index (χ3v) is 6.77. The molecule has 3 heterocycles. The number of aromatic amines is 1. The molecule has 8 nitrogen and oxygen atoms in total. The number of fused-ring (bicyclic) bond motifs is 3. The van der Waals surface area contributed by atoms with Gasteiger partial charge in [-0.2, -0.15) is 0 Å². The van der Waals surface area contributed by atoms with Crippen molar-refractivity contribution in [3.05, 3.63) is 59.3 Å². The molecule has 164 valence electrons. The van der Waals surface area contributed by atoms with Gasteiger partial charge in [-0.3, -0.25) is 9.59 Å². The average Bonchev–Trinajstić information content (AvgIpc) is 3.40. The van der Waals surface area contributed by atoms with Crippen molar-refractivity contribution in [2.24, 2.45) is 5.73 Å². The molecule has 0 atom stereocenters. The summed E-state index contributed by atoms with van der Waals surface area (Å²) in [6.07, 6.45) is 3.36. The van der Waals surface area contributed by atoms with E-state index in [1.807, 2.05) is 17.0 Å². The zero-order chi connectivity index (χ0) is 22.3. The van der Waals surface area contributed by atoms with Crippen molar-refractivity contribution < 1.29 is 24.0 Å².